The Kier molecular flexibility index (Phi) is 5.84. The highest BCUT2D eigenvalue weighted by Gasteiger charge is 2.35. The van der Waals surface area contributed by atoms with Crippen LogP contribution >= 0.6 is 0 Å². The van der Waals surface area contributed by atoms with Gasteiger partial charge in [0.1, 0.15) is 11.6 Å². The number of hydrogen-bond acceptors (Lipinski definition) is 5. The van der Waals surface area contributed by atoms with E-state index in [0.29, 0.717) is 43.8 Å². The molecule has 0 radical (unpaired) electrons. The van der Waals surface area contributed by atoms with E-state index >= 15 is 0 Å². The van der Waals surface area contributed by atoms with Crippen molar-refractivity contribution in [2.24, 2.45) is 0 Å². The summed E-state index contributed by atoms with van der Waals surface area (Å²) in [6.45, 7) is 6.41. The quantitative estimate of drug-likeness (QED) is 0.624. The Morgan fingerprint density at radius 1 is 0.968 bits per heavy atom. The predicted molar refractivity (Wildman–Crippen MR) is 117 cm³/mol. The number of nitrogens with zero attached hydrogens (tertiary/aromatic N) is 4. The van der Waals surface area contributed by atoms with Crippen molar-refractivity contribution in [1.82, 2.24) is 14.9 Å². The molecule has 3 aromatic rings. The summed E-state index contributed by atoms with van der Waals surface area (Å²) in [4.78, 5) is 26.0. The van der Waals surface area contributed by atoms with Crippen LogP contribution in [0.15, 0.2) is 66.9 Å². The lowest BCUT2D eigenvalue weighted by atomic mass is 9.83. The van der Waals surface area contributed by atoms with Gasteiger partial charge in [-0.2, -0.15) is 4.98 Å². The summed E-state index contributed by atoms with van der Waals surface area (Å²) in [5.41, 5.74) is 0.430. The third-order valence-electron chi connectivity index (χ3n) is 5.53. The first-order chi connectivity index (χ1) is 14.9. The first-order valence-corrected chi connectivity index (χ1v) is 10.3. The van der Waals surface area contributed by atoms with Gasteiger partial charge in [0.05, 0.1) is 5.41 Å². The minimum atomic E-state index is -0.581. The molecule has 1 aliphatic rings. The van der Waals surface area contributed by atoms with Crippen molar-refractivity contribution in [3.8, 4) is 11.6 Å². The molecular weight excluding hydrogens is 395 g/mol. The number of rotatable bonds is 5. The van der Waals surface area contributed by atoms with E-state index in [1.54, 1.807) is 24.4 Å². The zero-order valence-corrected chi connectivity index (χ0v) is 17.7. The second kappa shape index (κ2) is 8.71. The fraction of sp³-hybridized carbons (Fsp3) is 0.292. The highest BCUT2D eigenvalue weighted by Crippen LogP contribution is 2.27. The van der Waals surface area contributed by atoms with Crippen LogP contribution in [-0.2, 0) is 10.2 Å². The van der Waals surface area contributed by atoms with Gasteiger partial charge in [-0.15, -0.1) is 0 Å². The Labute approximate surface area is 181 Å². The van der Waals surface area contributed by atoms with E-state index in [1.165, 1.54) is 12.1 Å². The average Bonchev–Trinajstić information content (AvgIpc) is 2.81. The number of ether oxygens (including phenoxy) is 1. The van der Waals surface area contributed by atoms with Gasteiger partial charge in [-0.25, -0.2) is 9.37 Å². The summed E-state index contributed by atoms with van der Waals surface area (Å²) in [7, 11) is 0. The van der Waals surface area contributed by atoms with Gasteiger partial charge in [0.15, 0.2) is 0 Å². The van der Waals surface area contributed by atoms with E-state index in [1.807, 2.05) is 54.0 Å². The molecule has 0 saturated carbocycles. The molecule has 0 aliphatic carbocycles. The number of halogens is 1. The Morgan fingerprint density at radius 3 is 2.32 bits per heavy atom. The summed E-state index contributed by atoms with van der Waals surface area (Å²) in [6.07, 6.45) is 1.64. The molecule has 2 heterocycles. The summed E-state index contributed by atoms with van der Waals surface area (Å²) >= 11 is 0. The van der Waals surface area contributed by atoms with E-state index in [9.17, 15) is 9.18 Å². The largest absolute Gasteiger partial charge is 0.439 e. The summed E-state index contributed by atoms with van der Waals surface area (Å²) in [5.74, 6) is 1.24. The molecule has 2 aromatic carbocycles. The number of carbonyl (C=O) groups is 1. The summed E-state index contributed by atoms with van der Waals surface area (Å²) < 4.78 is 18.8. The molecule has 1 aromatic heterocycles. The molecule has 31 heavy (non-hydrogen) atoms. The number of amides is 1. The first-order valence-electron chi connectivity index (χ1n) is 10.3. The SMILES string of the molecule is CC(C)(C(=O)N1CCN(c2nccc(Oc3ccc(F)cc3)n2)CC1)c1ccccc1. The van der Waals surface area contributed by atoms with Crippen molar-refractivity contribution in [2.45, 2.75) is 19.3 Å². The monoisotopic (exact) mass is 420 g/mol. The molecular formula is C24H25FN4O2. The van der Waals surface area contributed by atoms with E-state index < -0.39 is 5.41 Å². The van der Waals surface area contributed by atoms with Gasteiger partial charge in [-0.05, 0) is 43.7 Å². The molecule has 6 nitrogen and oxygen atoms in total. The van der Waals surface area contributed by atoms with Crippen molar-refractivity contribution in [2.75, 3.05) is 31.1 Å². The van der Waals surface area contributed by atoms with Gasteiger partial charge in [0.2, 0.25) is 17.7 Å². The molecule has 0 atom stereocenters. The maximum atomic E-state index is 13.2. The van der Waals surface area contributed by atoms with Crippen LogP contribution in [0.25, 0.3) is 0 Å². The van der Waals surface area contributed by atoms with Gasteiger partial charge in [0, 0.05) is 38.4 Å². The minimum Gasteiger partial charge on any atom is -0.439 e. The first kappa shape index (κ1) is 20.8. The third kappa shape index (κ3) is 4.66. The van der Waals surface area contributed by atoms with Crippen LogP contribution in [0.3, 0.4) is 0 Å². The Bertz CT molecular complexity index is 1030. The topological polar surface area (TPSA) is 58.6 Å². The molecule has 0 spiro atoms. The lowest BCUT2D eigenvalue weighted by Gasteiger charge is -2.38. The fourth-order valence-electron chi connectivity index (χ4n) is 3.65. The van der Waals surface area contributed by atoms with Crippen molar-refractivity contribution in [3.05, 3.63) is 78.2 Å². The van der Waals surface area contributed by atoms with Crippen LogP contribution in [0.4, 0.5) is 10.3 Å². The minimum absolute atomic E-state index is 0.118. The number of aromatic nitrogens is 2. The molecule has 0 bridgehead atoms. The number of benzene rings is 2. The van der Waals surface area contributed by atoms with Crippen molar-refractivity contribution in [1.29, 1.82) is 0 Å². The van der Waals surface area contributed by atoms with Gasteiger partial charge in [-0.3, -0.25) is 4.79 Å². The van der Waals surface area contributed by atoms with E-state index in [0.717, 1.165) is 5.56 Å². The zero-order chi connectivity index (χ0) is 21.8. The van der Waals surface area contributed by atoms with E-state index in [2.05, 4.69) is 9.97 Å². The standard InChI is InChI=1S/C24H25FN4O2/c1-24(2,18-6-4-3-5-7-18)22(30)28-14-16-29(17-15-28)23-26-13-12-21(27-23)31-20-10-8-19(25)9-11-20/h3-13H,14-17H2,1-2H3. The van der Waals surface area contributed by atoms with Crippen LogP contribution in [0.1, 0.15) is 19.4 Å². The fourth-order valence-corrected chi connectivity index (χ4v) is 3.65. The average molecular weight is 420 g/mol. The van der Waals surface area contributed by atoms with Gasteiger partial charge in [-0.1, -0.05) is 30.3 Å². The number of hydrogen-bond donors (Lipinski definition) is 0. The van der Waals surface area contributed by atoms with Crippen molar-refractivity contribution < 1.29 is 13.9 Å². The Morgan fingerprint density at radius 2 is 1.65 bits per heavy atom. The third-order valence-corrected chi connectivity index (χ3v) is 5.53. The van der Waals surface area contributed by atoms with Crippen LogP contribution in [0, 0.1) is 5.82 Å². The maximum absolute atomic E-state index is 13.2. The highest BCUT2D eigenvalue weighted by molar-refractivity contribution is 5.87. The second-order valence-electron chi connectivity index (χ2n) is 8.02. The molecule has 1 aliphatic heterocycles. The molecule has 1 amide bonds. The Balaban J connectivity index is 1.39. The molecule has 0 unspecified atom stereocenters. The molecule has 160 valence electrons. The highest BCUT2D eigenvalue weighted by atomic mass is 19.1. The lowest BCUT2D eigenvalue weighted by molar-refractivity contribution is -0.136. The predicted octanol–water partition coefficient (Wildman–Crippen LogP) is 4.03. The van der Waals surface area contributed by atoms with Crippen molar-refractivity contribution >= 4 is 11.9 Å². The zero-order valence-electron chi connectivity index (χ0n) is 17.7. The summed E-state index contributed by atoms with van der Waals surface area (Å²) in [5, 5.41) is 0. The normalized spacial score (nSPS) is 14.4. The second-order valence-corrected chi connectivity index (χ2v) is 8.02. The van der Waals surface area contributed by atoms with Crippen LogP contribution in [-0.4, -0.2) is 47.0 Å². The molecule has 7 heteroatoms. The van der Waals surface area contributed by atoms with Gasteiger partial charge in [0.25, 0.3) is 0 Å². The molecule has 0 N–H and O–H groups in total. The van der Waals surface area contributed by atoms with Gasteiger partial charge >= 0.3 is 0 Å². The molecule has 4 rings (SSSR count). The van der Waals surface area contributed by atoms with Crippen molar-refractivity contribution in [3.63, 3.8) is 0 Å². The van der Waals surface area contributed by atoms with E-state index in [-0.39, 0.29) is 11.7 Å². The van der Waals surface area contributed by atoms with Gasteiger partial charge < -0.3 is 14.5 Å². The lowest BCUT2D eigenvalue weighted by Crippen LogP contribution is -2.53. The van der Waals surface area contributed by atoms with Crippen LogP contribution in [0.5, 0.6) is 11.6 Å². The smallest absolute Gasteiger partial charge is 0.232 e. The maximum Gasteiger partial charge on any atom is 0.232 e. The van der Waals surface area contributed by atoms with E-state index in [4.69, 9.17) is 4.74 Å². The summed E-state index contributed by atoms with van der Waals surface area (Å²) in [6, 6.07) is 17.3. The van der Waals surface area contributed by atoms with Crippen LogP contribution in [0.2, 0.25) is 0 Å². The Hall–Kier alpha value is -3.48. The molecule has 1 fully saturated rings. The molecule has 1 saturated heterocycles. The number of piperazine rings is 1. The number of anilines is 1. The van der Waals surface area contributed by atoms with Crippen LogP contribution < -0.4 is 9.64 Å². The number of carbonyl (C=O) groups excluding carboxylic acids is 1.